The molecule has 5 nitrogen and oxygen atoms in total. The van der Waals surface area contributed by atoms with Crippen LogP contribution in [0, 0.1) is 0 Å². The van der Waals surface area contributed by atoms with Gasteiger partial charge in [-0.15, -0.1) is 5.10 Å². The Hall–Kier alpha value is -2.40. The van der Waals surface area contributed by atoms with Crippen molar-refractivity contribution < 1.29 is 0 Å². The number of benzene rings is 2. The molecule has 0 bridgehead atoms. The van der Waals surface area contributed by atoms with Crippen molar-refractivity contribution in [3.8, 4) is 11.4 Å². The molecule has 3 rings (SSSR count). The maximum absolute atomic E-state index is 5.88. The second-order valence-electron chi connectivity index (χ2n) is 4.69. The molecule has 0 unspecified atom stereocenters. The van der Waals surface area contributed by atoms with Crippen LogP contribution in [0.2, 0.25) is 5.02 Å². The van der Waals surface area contributed by atoms with Crippen LogP contribution in [0.4, 0.5) is 5.69 Å². The predicted octanol–water partition coefficient (Wildman–Crippen LogP) is 3.14. The zero-order valence-electron chi connectivity index (χ0n) is 11.5. The summed E-state index contributed by atoms with van der Waals surface area (Å²) in [7, 11) is 1.82. The lowest BCUT2D eigenvalue weighted by atomic mass is 10.1. The van der Waals surface area contributed by atoms with Crippen LogP contribution in [-0.4, -0.2) is 20.2 Å². The summed E-state index contributed by atoms with van der Waals surface area (Å²) in [6.45, 7) is 0.734. The zero-order valence-corrected chi connectivity index (χ0v) is 12.2. The van der Waals surface area contributed by atoms with E-state index in [9.17, 15) is 0 Å². The van der Waals surface area contributed by atoms with Gasteiger partial charge < -0.3 is 5.32 Å². The van der Waals surface area contributed by atoms with Gasteiger partial charge in [-0.1, -0.05) is 35.9 Å². The quantitative estimate of drug-likeness (QED) is 0.804. The number of aryl methyl sites for hydroxylation is 1. The molecule has 0 aliphatic heterocycles. The van der Waals surface area contributed by atoms with Crippen molar-refractivity contribution in [2.75, 3.05) is 5.32 Å². The summed E-state index contributed by atoms with van der Waals surface area (Å²) in [5.41, 5.74) is 3.17. The SMILES string of the molecule is Cn1nnnc1-c1cccc(NCc2ccc(Cl)cc2)c1. The standard InChI is InChI=1S/C15H14ClN5/c1-21-15(18-19-20-21)12-3-2-4-14(9-12)17-10-11-5-7-13(16)8-6-11/h2-9,17H,10H2,1H3. The molecule has 0 fully saturated rings. The maximum Gasteiger partial charge on any atom is 0.181 e. The number of anilines is 1. The molecule has 1 N–H and O–H groups in total. The highest BCUT2D eigenvalue weighted by atomic mass is 35.5. The lowest BCUT2D eigenvalue weighted by Gasteiger charge is -2.08. The number of aromatic nitrogens is 4. The van der Waals surface area contributed by atoms with Crippen LogP contribution in [0.5, 0.6) is 0 Å². The summed E-state index contributed by atoms with van der Waals surface area (Å²) in [5.74, 6) is 0.741. The summed E-state index contributed by atoms with van der Waals surface area (Å²) < 4.78 is 1.65. The van der Waals surface area contributed by atoms with Crippen molar-refractivity contribution in [2.45, 2.75) is 6.54 Å². The number of rotatable bonds is 4. The van der Waals surface area contributed by atoms with Crippen LogP contribution >= 0.6 is 11.6 Å². The molecule has 3 aromatic rings. The monoisotopic (exact) mass is 299 g/mol. The Balaban J connectivity index is 1.74. The Morgan fingerprint density at radius 3 is 2.67 bits per heavy atom. The highest BCUT2D eigenvalue weighted by Gasteiger charge is 2.06. The van der Waals surface area contributed by atoms with Crippen molar-refractivity contribution in [3.05, 3.63) is 59.1 Å². The fourth-order valence-corrected chi connectivity index (χ4v) is 2.17. The van der Waals surface area contributed by atoms with Crippen LogP contribution in [0.1, 0.15) is 5.56 Å². The molecule has 1 heterocycles. The smallest absolute Gasteiger partial charge is 0.181 e. The van der Waals surface area contributed by atoms with Crippen molar-refractivity contribution >= 4 is 17.3 Å². The Bertz CT molecular complexity index is 736. The molecule has 0 saturated carbocycles. The molecule has 2 aromatic carbocycles. The van der Waals surface area contributed by atoms with Gasteiger partial charge in [0.05, 0.1) is 0 Å². The highest BCUT2D eigenvalue weighted by molar-refractivity contribution is 6.30. The normalized spacial score (nSPS) is 10.6. The van der Waals surface area contributed by atoms with E-state index in [4.69, 9.17) is 11.6 Å². The molecule has 0 amide bonds. The molecular formula is C15H14ClN5. The van der Waals surface area contributed by atoms with E-state index in [-0.39, 0.29) is 0 Å². The van der Waals surface area contributed by atoms with Gasteiger partial charge in [-0.2, -0.15) is 0 Å². The van der Waals surface area contributed by atoms with Gasteiger partial charge >= 0.3 is 0 Å². The first kappa shape index (κ1) is 13.6. The van der Waals surface area contributed by atoms with E-state index < -0.39 is 0 Å². The van der Waals surface area contributed by atoms with Gasteiger partial charge in [0.15, 0.2) is 5.82 Å². The van der Waals surface area contributed by atoms with Gasteiger partial charge in [0, 0.05) is 29.9 Å². The molecule has 0 aliphatic rings. The number of nitrogens with zero attached hydrogens (tertiary/aromatic N) is 4. The summed E-state index contributed by atoms with van der Waals surface area (Å²) in [6, 6.07) is 15.8. The van der Waals surface area contributed by atoms with E-state index in [0.717, 1.165) is 28.6 Å². The Labute approximate surface area is 127 Å². The van der Waals surface area contributed by atoms with Crippen molar-refractivity contribution in [1.29, 1.82) is 0 Å². The number of nitrogens with one attached hydrogen (secondary N) is 1. The second kappa shape index (κ2) is 5.93. The van der Waals surface area contributed by atoms with E-state index in [0.29, 0.717) is 0 Å². The van der Waals surface area contributed by atoms with Crippen LogP contribution < -0.4 is 5.32 Å². The minimum atomic E-state index is 0.734. The van der Waals surface area contributed by atoms with Gasteiger partial charge in [-0.25, -0.2) is 4.68 Å². The zero-order chi connectivity index (χ0) is 14.7. The fraction of sp³-hybridized carbons (Fsp3) is 0.133. The average Bonchev–Trinajstić information content (AvgIpc) is 2.93. The third kappa shape index (κ3) is 3.20. The van der Waals surface area contributed by atoms with Gasteiger partial charge in [-0.05, 0) is 40.3 Å². The highest BCUT2D eigenvalue weighted by Crippen LogP contribution is 2.20. The molecular weight excluding hydrogens is 286 g/mol. The summed E-state index contributed by atoms with van der Waals surface area (Å²) in [4.78, 5) is 0. The van der Waals surface area contributed by atoms with E-state index in [1.165, 1.54) is 5.56 Å². The number of hydrogen-bond donors (Lipinski definition) is 1. The fourth-order valence-electron chi connectivity index (χ4n) is 2.05. The van der Waals surface area contributed by atoms with E-state index in [1.807, 2.05) is 55.6 Å². The Kier molecular flexibility index (Phi) is 3.83. The third-order valence-electron chi connectivity index (χ3n) is 3.15. The van der Waals surface area contributed by atoms with Gasteiger partial charge in [0.25, 0.3) is 0 Å². The van der Waals surface area contributed by atoms with Crippen LogP contribution in [0.25, 0.3) is 11.4 Å². The summed E-state index contributed by atoms with van der Waals surface area (Å²) in [6.07, 6.45) is 0. The van der Waals surface area contributed by atoms with Crippen molar-refractivity contribution in [1.82, 2.24) is 20.2 Å². The molecule has 6 heteroatoms. The summed E-state index contributed by atoms with van der Waals surface area (Å²) in [5, 5.41) is 15.6. The van der Waals surface area contributed by atoms with E-state index in [2.05, 4.69) is 20.8 Å². The molecule has 0 spiro atoms. The van der Waals surface area contributed by atoms with E-state index >= 15 is 0 Å². The maximum atomic E-state index is 5.88. The van der Waals surface area contributed by atoms with Crippen molar-refractivity contribution in [3.63, 3.8) is 0 Å². The Morgan fingerprint density at radius 2 is 1.95 bits per heavy atom. The topological polar surface area (TPSA) is 55.6 Å². The number of tetrazole rings is 1. The van der Waals surface area contributed by atoms with Crippen LogP contribution in [0.3, 0.4) is 0 Å². The molecule has 1 aromatic heterocycles. The van der Waals surface area contributed by atoms with Gasteiger partial charge in [-0.3, -0.25) is 0 Å². The summed E-state index contributed by atoms with van der Waals surface area (Å²) >= 11 is 5.88. The molecule has 0 atom stereocenters. The minimum absolute atomic E-state index is 0.734. The molecule has 21 heavy (non-hydrogen) atoms. The first-order valence-electron chi connectivity index (χ1n) is 6.53. The minimum Gasteiger partial charge on any atom is -0.381 e. The largest absolute Gasteiger partial charge is 0.381 e. The molecule has 0 aliphatic carbocycles. The molecule has 0 saturated heterocycles. The number of hydrogen-bond acceptors (Lipinski definition) is 4. The third-order valence-corrected chi connectivity index (χ3v) is 3.40. The Morgan fingerprint density at radius 1 is 1.14 bits per heavy atom. The first-order chi connectivity index (χ1) is 10.2. The van der Waals surface area contributed by atoms with Crippen LogP contribution in [0.15, 0.2) is 48.5 Å². The van der Waals surface area contributed by atoms with Gasteiger partial charge in [0.1, 0.15) is 0 Å². The lowest BCUT2D eigenvalue weighted by Crippen LogP contribution is -2.00. The average molecular weight is 300 g/mol. The van der Waals surface area contributed by atoms with Gasteiger partial charge in [0.2, 0.25) is 0 Å². The number of halogens is 1. The van der Waals surface area contributed by atoms with E-state index in [1.54, 1.807) is 4.68 Å². The predicted molar refractivity (Wildman–Crippen MR) is 83.0 cm³/mol. The van der Waals surface area contributed by atoms with Crippen LogP contribution in [-0.2, 0) is 13.6 Å². The molecule has 0 radical (unpaired) electrons. The van der Waals surface area contributed by atoms with Crippen molar-refractivity contribution in [2.24, 2.45) is 7.05 Å². The first-order valence-corrected chi connectivity index (χ1v) is 6.91. The second-order valence-corrected chi connectivity index (χ2v) is 5.12. The molecule has 106 valence electrons. The lowest BCUT2D eigenvalue weighted by molar-refractivity contribution is 0.714.